The molecular formula is C14H12N2O. The molecule has 0 saturated heterocycles. The number of benzene rings is 2. The summed E-state index contributed by atoms with van der Waals surface area (Å²) in [7, 11) is 0. The highest BCUT2D eigenvalue weighted by Gasteiger charge is 2.09. The van der Waals surface area contributed by atoms with Crippen molar-refractivity contribution in [1.82, 2.24) is 9.97 Å². The SMILES string of the molecule is Cc1ccc(O)c2nc(-c3ccccc3)[nH]c12. The predicted octanol–water partition coefficient (Wildman–Crippen LogP) is 3.24. The van der Waals surface area contributed by atoms with E-state index >= 15 is 0 Å². The Morgan fingerprint density at radius 1 is 1.06 bits per heavy atom. The van der Waals surface area contributed by atoms with E-state index in [0.29, 0.717) is 5.52 Å². The first-order chi connectivity index (χ1) is 8.25. The molecule has 3 aromatic rings. The number of aromatic nitrogens is 2. The Balaban J connectivity index is 2.27. The largest absolute Gasteiger partial charge is 0.506 e. The maximum atomic E-state index is 9.77. The summed E-state index contributed by atoms with van der Waals surface area (Å²) in [6.07, 6.45) is 0. The number of aromatic hydroxyl groups is 1. The van der Waals surface area contributed by atoms with Gasteiger partial charge < -0.3 is 10.1 Å². The van der Waals surface area contributed by atoms with Gasteiger partial charge in [-0.2, -0.15) is 0 Å². The normalized spacial score (nSPS) is 10.9. The maximum Gasteiger partial charge on any atom is 0.143 e. The Bertz CT molecular complexity index is 632. The Hall–Kier alpha value is -2.29. The highest BCUT2D eigenvalue weighted by atomic mass is 16.3. The number of fused-ring (bicyclic) bond motifs is 1. The third kappa shape index (κ3) is 1.56. The number of hydrogen-bond donors (Lipinski definition) is 2. The van der Waals surface area contributed by atoms with Crippen LogP contribution in [0, 0.1) is 6.92 Å². The summed E-state index contributed by atoms with van der Waals surface area (Å²) in [5.41, 5.74) is 3.61. The van der Waals surface area contributed by atoms with Crippen molar-refractivity contribution in [2.24, 2.45) is 0 Å². The molecule has 2 aromatic carbocycles. The minimum atomic E-state index is 0.212. The van der Waals surface area contributed by atoms with Crippen LogP contribution in [0.3, 0.4) is 0 Å². The fraction of sp³-hybridized carbons (Fsp3) is 0.0714. The second-order valence-electron chi connectivity index (χ2n) is 4.08. The van der Waals surface area contributed by atoms with Crippen molar-refractivity contribution in [3.05, 3.63) is 48.0 Å². The van der Waals surface area contributed by atoms with Crippen LogP contribution in [0.4, 0.5) is 0 Å². The number of hydrogen-bond acceptors (Lipinski definition) is 2. The first-order valence-electron chi connectivity index (χ1n) is 5.49. The van der Waals surface area contributed by atoms with E-state index < -0.39 is 0 Å². The highest BCUT2D eigenvalue weighted by molar-refractivity contribution is 5.87. The van der Waals surface area contributed by atoms with Gasteiger partial charge in [0, 0.05) is 5.56 Å². The summed E-state index contributed by atoms with van der Waals surface area (Å²) in [6, 6.07) is 13.4. The molecule has 3 nitrogen and oxygen atoms in total. The summed E-state index contributed by atoms with van der Waals surface area (Å²) < 4.78 is 0. The molecule has 0 fully saturated rings. The van der Waals surface area contributed by atoms with Crippen molar-refractivity contribution < 1.29 is 5.11 Å². The quantitative estimate of drug-likeness (QED) is 0.666. The molecule has 1 aromatic heterocycles. The van der Waals surface area contributed by atoms with Crippen molar-refractivity contribution in [3.8, 4) is 17.1 Å². The molecule has 0 amide bonds. The Labute approximate surface area is 98.8 Å². The number of phenols is 1. The third-order valence-corrected chi connectivity index (χ3v) is 2.88. The lowest BCUT2D eigenvalue weighted by molar-refractivity contribution is 0.480. The zero-order chi connectivity index (χ0) is 11.8. The van der Waals surface area contributed by atoms with Crippen LogP contribution in [0.2, 0.25) is 0 Å². The number of imidazole rings is 1. The van der Waals surface area contributed by atoms with Crippen molar-refractivity contribution in [2.45, 2.75) is 6.92 Å². The number of nitrogens with zero attached hydrogens (tertiary/aromatic N) is 1. The van der Waals surface area contributed by atoms with E-state index in [1.165, 1.54) is 0 Å². The lowest BCUT2D eigenvalue weighted by Crippen LogP contribution is -1.78. The summed E-state index contributed by atoms with van der Waals surface area (Å²) in [4.78, 5) is 7.69. The number of H-pyrrole nitrogens is 1. The maximum absolute atomic E-state index is 9.77. The number of aryl methyl sites for hydroxylation is 1. The molecule has 17 heavy (non-hydrogen) atoms. The van der Waals surface area contributed by atoms with Crippen LogP contribution in [0.15, 0.2) is 42.5 Å². The van der Waals surface area contributed by atoms with Gasteiger partial charge in [0.2, 0.25) is 0 Å². The highest BCUT2D eigenvalue weighted by Crippen LogP contribution is 2.28. The van der Waals surface area contributed by atoms with Crippen LogP contribution < -0.4 is 0 Å². The van der Waals surface area contributed by atoms with Gasteiger partial charge in [-0.25, -0.2) is 4.98 Å². The van der Waals surface area contributed by atoms with Crippen LogP contribution in [0.1, 0.15) is 5.56 Å². The smallest absolute Gasteiger partial charge is 0.143 e. The average Bonchev–Trinajstić information content (AvgIpc) is 2.81. The molecule has 1 heterocycles. The molecule has 0 atom stereocenters. The Kier molecular flexibility index (Phi) is 2.11. The van der Waals surface area contributed by atoms with Gasteiger partial charge in [0.1, 0.15) is 17.1 Å². The zero-order valence-corrected chi connectivity index (χ0v) is 9.44. The van der Waals surface area contributed by atoms with Crippen LogP contribution in [0.25, 0.3) is 22.4 Å². The van der Waals surface area contributed by atoms with Gasteiger partial charge in [0.05, 0.1) is 5.52 Å². The molecule has 3 rings (SSSR count). The number of phenolic OH excluding ortho intramolecular Hbond substituents is 1. The molecule has 0 bridgehead atoms. The first kappa shape index (κ1) is 9.90. The summed E-state index contributed by atoms with van der Waals surface area (Å²) in [6.45, 7) is 1.99. The van der Waals surface area contributed by atoms with E-state index in [1.807, 2.05) is 43.3 Å². The van der Waals surface area contributed by atoms with Gasteiger partial charge in [-0.3, -0.25) is 0 Å². The molecule has 0 spiro atoms. The Morgan fingerprint density at radius 3 is 2.53 bits per heavy atom. The van der Waals surface area contributed by atoms with E-state index in [2.05, 4.69) is 9.97 Å². The van der Waals surface area contributed by atoms with E-state index in [9.17, 15) is 5.11 Å². The van der Waals surface area contributed by atoms with Gasteiger partial charge in [-0.1, -0.05) is 36.4 Å². The minimum Gasteiger partial charge on any atom is -0.506 e. The lowest BCUT2D eigenvalue weighted by atomic mass is 10.2. The van der Waals surface area contributed by atoms with Crippen molar-refractivity contribution in [3.63, 3.8) is 0 Å². The number of nitrogens with one attached hydrogen (secondary N) is 1. The van der Waals surface area contributed by atoms with Gasteiger partial charge in [-0.15, -0.1) is 0 Å². The first-order valence-corrected chi connectivity index (χ1v) is 5.49. The predicted molar refractivity (Wildman–Crippen MR) is 67.9 cm³/mol. The topological polar surface area (TPSA) is 48.9 Å². The van der Waals surface area contributed by atoms with Crippen molar-refractivity contribution >= 4 is 11.0 Å². The summed E-state index contributed by atoms with van der Waals surface area (Å²) >= 11 is 0. The number of aromatic amines is 1. The molecule has 0 aliphatic rings. The summed E-state index contributed by atoms with van der Waals surface area (Å²) in [5, 5.41) is 9.77. The molecule has 0 aliphatic heterocycles. The van der Waals surface area contributed by atoms with Crippen molar-refractivity contribution in [1.29, 1.82) is 0 Å². The number of rotatable bonds is 1. The second-order valence-corrected chi connectivity index (χ2v) is 4.08. The van der Waals surface area contributed by atoms with Crippen LogP contribution in [0.5, 0.6) is 5.75 Å². The second kappa shape index (κ2) is 3.63. The van der Waals surface area contributed by atoms with Gasteiger partial charge in [0.15, 0.2) is 0 Å². The lowest BCUT2D eigenvalue weighted by Gasteiger charge is -1.95. The summed E-state index contributed by atoms with van der Waals surface area (Å²) in [5.74, 6) is 0.995. The van der Waals surface area contributed by atoms with Crippen LogP contribution in [-0.4, -0.2) is 15.1 Å². The molecule has 3 heteroatoms. The average molecular weight is 224 g/mol. The molecule has 0 aliphatic carbocycles. The molecular weight excluding hydrogens is 212 g/mol. The van der Waals surface area contributed by atoms with E-state index in [4.69, 9.17) is 0 Å². The fourth-order valence-electron chi connectivity index (χ4n) is 1.94. The van der Waals surface area contributed by atoms with E-state index in [-0.39, 0.29) is 5.75 Å². The van der Waals surface area contributed by atoms with E-state index in [1.54, 1.807) is 6.07 Å². The molecule has 0 unspecified atom stereocenters. The molecule has 84 valence electrons. The molecule has 0 radical (unpaired) electrons. The van der Waals surface area contributed by atoms with Crippen LogP contribution >= 0.6 is 0 Å². The third-order valence-electron chi connectivity index (χ3n) is 2.88. The molecule has 0 saturated carbocycles. The monoisotopic (exact) mass is 224 g/mol. The zero-order valence-electron chi connectivity index (χ0n) is 9.44. The van der Waals surface area contributed by atoms with Gasteiger partial charge in [0.25, 0.3) is 0 Å². The van der Waals surface area contributed by atoms with E-state index in [0.717, 1.165) is 22.5 Å². The molecule has 2 N–H and O–H groups in total. The Morgan fingerprint density at radius 2 is 1.82 bits per heavy atom. The van der Waals surface area contributed by atoms with Crippen LogP contribution in [-0.2, 0) is 0 Å². The van der Waals surface area contributed by atoms with Gasteiger partial charge >= 0.3 is 0 Å². The van der Waals surface area contributed by atoms with Crippen molar-refractivity contribution in [2.75, 3.05) is 0 Å². The van der Waals surface area contributed by atoms with Gasteiger partial charge in [-0.05, 0) is 18.6 Å². The fourth-order valence-corrected chi connectivity index (χ4v) is 1.94. The minimum absolute atomic E-state index is 0.212. The standard InChI is InChI=1S/C14H12N2O/c1-9-7-8-11(17)13-12(9)15-14(16-13)10-5-3-2-4-6-10/h2-8,17H,1H3,(H,15,16).